The number of aliphatic hydroxyl groups is 1. The molecule has 17 heavy (non-hydrogen) atoms. The summed E-state index contributed by atoms with van der Waals surface area (Å²) in [4.78, 5) is 10.7. The zero-order valence-electron chi connectivity index (χ0n) is 9.54. The number of carbonyl (C=O) groups is 1. The van der Waals surface area contributed by atoms with E-state index in [0.717, 1.165) is 5.56 Å². The van der Waals surface area contributed by atoms with Gasteiger partial charge in [0.2, 0.25) is 0 Å². The molecule has 0 aliphatic carbocycles. The van der Waals surface area contributed by atoms with E-state index >= 15 is 0 Å². The lowest BCUT2D eigenvalue weighted by Gasteiger charge is -2.16. The Bertz CT molecular complexity index is 329. The Kier molecular flexibility index (Phi) is 6.06. The highest BCUT2D eigenvalue weighted by Crippen LogP contribution is 2.06. The quantitative estimate of drug-likeness (QED) is 0.686. The first-order valence-electron chi connectivity index (χ1n) is 5.41. The summed E-state index contributed by atoms with van der Waals surface area (Å²) in [7, 11) is 0. The van der Waals surface area contributed by atoms with Gasteiger partial charge in [-0.2, -0.15) is 0 Å². The molecule has 1 unspecified atom stereocenters. The van der Waals surface area contributed by atoms with Crippen molar-refractivity contribution < 1.29 is 19.4 Å². The molecule has 0 saturated heterocycles. The lowest BCUT2D eigenvalue weighted by Crippen LogP contribution is -2.29. The minimum absolute atomic E-state index is 0.0609. The van der Waals surface area contributed by atoms with E-state index in [-0.39, 0.29) is 19.8 Å². The van der Waals surface area contributed by atoms with Crippen molar-refractivity contribution in [2.45, 2.75) is 12.5 Å². The second kappa shape index (κ2) is 7.65. The Morgan fingerprint density at radius 1 is 1.35 bits per heavy atom. The maximum atomic E-state index is 10.7. The number of ether oxygens (including phenoxy) is 2. The third-order valence-electron chi connectivity index (χ3n) is 2.13. The third kappa shape index (κ3) is 5.89. The summed E-state index contributed by atoms with van der Waals surface area (Å²) in [5.41, 5.74) is 6.02. The number of amides is 1. The zero-order valence-corrected chi connectivity index (χ0v) is 9.54. The van der Waals surface area contributed by atoms with E-state index < -0.39 is 12.2 Å². The molecular weight excluding hydrogens is 222 g/mol. The average Bonchev–Trinajstić information content (AvgIpc) is 2.30. The number of aliphatic hydroxyl groups excluding tert-OH is 1. The molecule has 1 aromatic rings. The Morgan fingerprint density at radius 3 is 2.65 bits per heavy atom. The Labute approximate surface area is 100 Å². The van der Waals surface area contributed by atoms with Crippen molar-refractivity contribution in [2.75, 3.05) is 19.8 Å². The van der Waals surface area contributed by atoms with Gasteiger partial charge in [0, 0.05) is 6.42 Å². The highest BCUT2D eigenvalue weighted by molar-refractivity contribution is 5.64. The van der Waals surface area contributed by atoms with Gasteiger partial charge in [-0.1, -0.05) is 30.3 Å². The van der Waals surface area contributed by atoms with Gasteiger partial charge >= 0.3 is 6.09 Å². The van der Waals surface area contributed by atoms with Crippen LogP contribution in [0.4, 0.5) is 4.79 Å². The minimum Gasteiger partial charge on any atom is -0.444 e. The van der Waals surface area contributed by atoms with E-state index in [0.29, 0.717) is 6.42 Å². The largest absolute Gasteiger partial charge is 0.444 e. The van der Waals surface area contributed by atoms with Gasteiger partial charge in [0.15, 0.2) is 0 Å². The van der Waals surface area contributed by atoms with Crippen molar-refractivity contribution in [3.8, 4) is 0 Å². The van der Waals surface area contributed by atoms with Gasteiger partial charge in [0.25, 0.3) is 0 Å². The summed E-state index contributed by atoms with van der Waals surface area (Å²) in [5.74, 6) is 0. The summed E-state index contributed by atoms with van der Waals surface area (Å²) in [6.07, 6.45) is -0.713. The van der Waals surface area contributed by atoms with Gasteiger partial charge in [-0.15, -0.1) is 0 Å². The van der Waals surface area contributed by atoms with Crippen molar-refractivity contribution in [3.63, 3.8) is 0 Å². The van der Waals surface area contributed by atoms with Crippen LogP contribution < -0.4 is 5.73 Å². The number of nitrogens with two attached hydrogens (primary N) is 1. The normalized spacial score (nSPS) is 12.1. The summed E-state index contributed by atoms with van der Waals surface area (Å²) in [5, 5.41) is 8.59. The van der Waals surface area contributed by atoms with Gasteiger partial charge in [-0.3, -0.25) is 0 Å². The van der Waals surface area contributed by atoms with Crippen LogP contribution in [0, 0.1) is 0 Å². The molecule has 1 atom stereocenters. The van der Waals surface area contributed by atoms with E-state index in [4.69, 9.17) is 20.3 Å². The molecule has 1 aromatic carbocycles. The number of primary amides is 1. The standard InChI is InChI=1S/C12H17NO4/c13-12(15)17-11(9-16-7-6-14)8-10-4-2-1-3-5-10/h1-5,11,14H,6-9H2,(H2,13,15). The lowest BCUT2D eigenvalue weighted by atomic mass is 10.1. The molecule has 5 nitrogen and oxygen atoms in total. The van der Waals surface area contributed by atoms with Crippen molar-refractivity contribution in [1.29, 1.82) is 0 Å². The molecule has 94 valence electrons. The van der Waals surface area contributed by atoms with Crippen molar-refractivity contribution in [3.05, 3.63) is 35.9 Å². The molecule has 0 saturated carbocycles. The molecule has 1 amide bonds. The molecule has 5 heteroatoms. The highest BCUT2D eigenvalue weighted by atomic mass is 16.6. The van der Waals surface area contributed by atoms with Crippen molar-refractivity contribution >= 4 is 6.09 Å². The third-order valence-corrected chi connectivity index (χ3v) is 2.13. The second-order valence-corrected chi connectivity index (χ2v) is 3.55. The SMILES string of the molecule is NC(=O)OC(COCCO)Cc1ccccc1. The van der Waals surface area contributed by atoms with Crippen molar-refractivity contribution in [1.82, 2.24) is 0 Å². The molecule has 3 N–H and O–H groups in total. The van der Waals surface area contributed by atoms with Crippen LogP contribution in [-0.2, 0) is 15.9 Å². The number of rotatable bonds is 7. The maximum Gasteiger partial charge on any atom is 0.404 e. The summed E-state index contributed by atoms with van der Waals surface area (Å²) in [6.45, 7) is 0.375. The molecule has 1 rings (SSSR count). The molecule has 0 bridgehead atoms. The predicted octanol–water partition coefficient (Wildman–Crippen LogP) is 0.702. The number of hydrogen-bond acceptors (Lipinski definition) is 4. The molecular formula is C12H17NO4. The van der Waals surface area contributed by atoms with Gasteiger partial charge in [-0.05, 0) is 5.56 Å². The van der Waals surface area contributed by atoms with Gasteiger partial charge < -0.3 is 20.3 Å². The fourth-order valence-corrected chi connectivity index (χ4v) is 1.46. The molecule has 0 fully saturated rings. The zero-order chi connectivity index (χ0) is 12.5. The molecule has 0 aromatic heterocycles. The van der Waals surface area contributed by atoms with E-state index in [1.54, 1.807) is 0 Å². The monoisotopic (exact) mass is 239 g/mol. The average molecular weight is 239 g/mol. The lowest BCUT2D eigenvalue weighted by molar-refractivity contribution is 0.0120. The van der Waals surface area contributed by atoms with Crippen LogP contribution in [0.15, 0.2) is 30.3 Å². The van der Waals surface area contributed by atoms with Crippen LogP contribution in [-0.4, -0.2) is 37.1 Å². The Hall–Kier alpha value is -1.59. The second-order valence-electron chi connectivity index (χ2n) is 3.55. The first-order valence-corrected chi connectivity index (χ1v) is 5.41. The fraction of sp³-hybridized carbons (Fsp3) is 0.417. The van der Waals surface area contributed by atoms with Crippen LogP contribution in [0.2, 0.25) is 0 Å². The molecule has 0 heterocycles. The Morgan fingerprint density at radius 2 is 2.06 bits per heavy atom. The number of hydrogen-bond donors (Lipinski definition) is 2. The summed E-state index contributed by atoms with van der Waals surface area (Å²) < 4.78 is 10.1. The summed E-state index contributed by atoms with van der Waals surface area (Å²) >= 11 is 0. The number of benzene rings is 1. The smallest absolute Gasteiger partial charge is 0.404 e. The summed E-state index contributed by atoms with van der Waals surface area (Å²) in [6, 6.07) is 9.60. The Balaban J connectivity index is 2.48. The predicted molar refractivity (Wildman–Crippen MR) is 62.5 cm³/mol. The highest BCUT2D eigenvalue weighted by Gasteiger charge is 2.13. The van der Waals surface area contributed by atoms with Crippen LogP contribution in [0.1, 0.15) is 5.56 Å². The van der Waals surface area contributed by atoms with Gasteiger partial charge in [0.05, 0.1) is 19.8 Å². The topological polar surface area (TPSA) is 81.8 Å². The first-order chi connectivity index (χ1) is 8.22. The van der Waals surface area contributed by atoms with Crippen LogP contribution >= 0.6 is 0 Å². The fourth-order valence-electron chi connectivity index (χ4n) is 1.46. The van der Waals surface area contributed by atoms with Crippen LogP contribution in [0.5, 0.6) is 0 Å². The van der Waals surface area contributed by atoms with E-state index in [2.05, 4.69) is 0 Å². The van der Waals surface area contributed by atoms with Crippen molar-refractivity contribution in [2.24, 2.45) is 5.73 Å². The van der Waals surface area contributed by atoms with Gasteiger partial charge in [-0.25, -0.2) is 4.79 Å². The van der Waals surface area contributed by atoms with Gasteiger partial charge in [0.1, 0.15) is 6.10 Å². The number of carbonyl (C=O) groups excluding carboxylic acids is 1. The molecule has 0 aliphatic heterocycles. The van der Waals surface area contributed by atoms with Crippen LogP contribution in [0.25, 0.3) is 0 Å². The molecule has 0 radical (unpaired) electrons. The first kappa shape index (κ1) is 13.5. The molecule has 0 spiro atoms. The minimum atomic E-state index is -0.821. The molecule has 0 aliphatic rings. The van der Waals surface area contributed by atoms with E-state index in [9.17, 15) is 4.79 Å². The van der Waals surface area contributed by atoms with E-state index in [1.165, 1.54) is 0 Å². The van der Waals surface area contributed by atoms with Crippen LogP contribution in [0.3, 0.4) is 0 Å². The maximum absolute atomic E-state index is 10.7. The van der Waals surface area contributed by atoms with E-state index in [1.807, 2.05) is 30.3 Å².